The molecule has 0 unspecified atom stereocenters. The van der Waals surface area contributed by atoms with Crippen LogP contribution < -0.4 is 5.32 Å². The molecular weight excluding hydrogens is 282 g/mol. The minimum Gasteiger partial charge on any atom is -0.354 e. The molecule has 1 aromatic heterocycles. The van der Waals surface area contributed by atoms with Gasteiger partial charge in [0.2, 0.25) is 0 Å². The molecule has 0 radical (unpaired) electrons. The molecule has 0 aliphatic heterocycles. The third-order valence-corrected chi connectivity index (χ3v) is 4.81. The highest BCUT2D eigenvalue weighted by Crippen LogP contribution is 2.33. The summed E-state index contributed by atoms with van der Waals surface area (Å²) < 4.78 is 0. The molecule has 3 nitrogen and oxygen atoms in total. The van der Waals surface area contributed by atoms with E-state index in [0.29, 0.717) is 0 Å². The van der Waals surface area contributed by atoms with Crippen LogP contribution in [0.25, 0.3) is 10.9 Å². The van der Waals surface area contributed by atoms with Gasteiger partial charge in [0.25, 0.3) is 0 Å². The van der Waals surface area contributed by atoms with Crippen LogP contribution >= 0.6 is 0 Å². The van der Waals surface area contributed by atoms with Crippen LogP contribution in [0.5, 0.6) is 0 Å². The Labute approximate surface area is 136 Å². The van der Waals surface area contributed by atoms with E-state index in [1.165, 1.54) is 37.7 Å². The summed E-state index contributed by atoms with van der Waals surface area (Å²) in [6.45, 7) is 0. The van der Waals surface area contributed by atoms with Gasteiger partial charge < -0.3 is 5.32 Å². The Hall–Kier alpha value is -2.42. The fraction of sp³-hybridized carbons (Fsp3) is 0.300. The number of fused-ring (bicyclic) bond motifs is 1. The van der Waals surface area contributed by atoms with Crippen LogP contribution in [0, 0.1) is 0 Å². The van der Waals surface area contributed by atoms with E-state index in [2.05, 4.69) is 45.8 Å². The van der Waals surface area contributed by atoms with E-state index in [4.69, 9.17) is 0 Å². The summed E-state index contributed by atoms with van der Waals surface area (Å²) in [7, 11) is 0. The smallest absolute Gasteiger partial charge is 0.0950 e. The fourth-order valence-electron chi connectivity index (χ4n) is 3.54. The summed E-state index contributed by atoms with van der Waals surface area (Å²) in [5, 5.41) is 12.8. The lowest BCUT2D eigenvalue weighted by Crippen LogP contribution is -2.04. The topological polar surface area (TPSA) is 37.8 Å². The second-order valence-electron chi connectivity index (χ2n) is 6.36. The molecule has 1 aliphatic rings. The molecule has 0 amide bonds. The molecule has 0 bridgehead atoms. The van der Waals surface area contributed by atoms with Gasteiger partial charge in [0.15, 0.2) is 0 Å². The number of aromatic nitrogens is 2. The van der Waals surface area contributed by atoms with Crippen LogP contribution in [0.15, 0.2) is 54.7 Å². The van der Waals surface area contributed by atoms with Gasteiger partial charge in [0.1, 0.15) is 0 Å². The third-order valence-electron chi connectivity index (χ3n) is 4.81. The molecule has 1 heterocycles. The van der Waals surface area contributed by atoms with Crippen molar-refractivity contribution in [1.82, 2.24) is 10.2 Å². The SMILES string of the molecule is c1ccc2c(Nc3ccc(C4CCCCC4)cc3)cnnc2c1. The van der Waals surface area contributed by atoms with Gasteiger partial charge in [-0.1, -0.05) is 49.6 Å². The van der Waals surface area contributed by atoms with Crippen molar-refractivity contribution >= 4 is 22.3 Å². The highest BCUT2D eigenvalue weighted by atomic mass is 15.1. The number of hydrogen-bond donors (Lipinski definition) is 1. The zero-order chi connectivity index (χ0) is 15.5. The molecule has 4 rings (SSSR count). The van der Waals surface area contributed by atoms with Crippen molar-refractivity contribution in [2.24, 2.45) is 0 Å². The highest BCUT2D eigenvalue weighted by molar-refractivity contribution is 5.91. The first-order chi connectivity index (χ1) is 11.4. The summed E-state index contributed by atoms with van der Waals surface area (Å²) in [5.74, 6) is 0.751. The van der Waals surface area contributed by atoms with Crippen molar-refractivity contribution in [3.8, 4) is 0 Å². The number of benzene rings is 2. The van der Waals surface area contributed by atoms with Crippen molar-refractivity contribution in [3.63, 3.8) is 0 Å². The molecule has 0 spiro atoms. The van der Waals surface area contributed by atoms with E-state index >= 15 is 0 Å². The van der Waals surface area contributed by atoms with E-state index in [-0.39, 0.29) is 0 Å². The fourth-order valence-corrected chi connectivity index (χ4v) is 3.54. The van der Waals surface area contributed by atoms with Crippen LogP contribution in [0.3, 0.4) is 0 Å². The van der Waals surface area contributed by atoms with Gasteiger partial charge in [-0.05, 0) is 42.5 Å². The first-order valence-electron chi connectivity index (χ1n) is 8.47. The lowest BCUT2D eigenvalue weighted by atomic mass is 9.84. The first-order valence-corrected chi connectivity index (χ1v) is 8.47. The van der Waals surface area contributed by atoms with E-state index in [1.54, 1.807) is 6.20 Å². The maximum absolute atomic E-state index is 4.17. The second-order valence-corrected chi connectivity index (χ2v) is 6.36. The Balaban J connectivity index is 1.56. The van der Waals surface area contributed by atoms with Crippen LogP contribution in [-0.2, 0) is 0 Å². The van der Waals surface area contributed by atoms with Gasteiger partial charge >= 0.3 is 0 Å². The van der Waals surface area contributed by atoms with Crippen LogP contribution in [0.1, 0.15) is 43.6 Å². The first kappa shape index (κ1) is 14.2. The summed E-state index contributed by atoms with van der Waals surface area (Å²) in [4.78, 5) is 0. The van der Waals surface area contributed by atoms with Gasteiger partial charge in [-0.15, -0.1) is 0 Å². The summed E-state index contributed by atoms with van der Waals surface area (Å²) in [6, 6.07) is 17.0. The third kappa shape index (κ3) is 3.04. The molecule has 3 aromatic rings. The molecule has 23 heavy (non-hydrogen) atoms. The van der Waals surface area contributed by atoms with E-state index in [0.717, 1.165) is 28.2 Å². The van der Waals surface area contributed by atoms with E-state index < -0.39 is 0 Å². The standard InChI is InChI=1S/C20H21N3/c1-2-6-15(7-3-1)16-10-12-17(13-11-16)22-20-14-21-23-19-9-5-4-8-18(19)20/h4-5,8-15H,1-3,6-7H2,(H,22,23). The van der Waals surface area contributed by atoms with Gasteiger partial charge in [0.05, 0.1) is 17.4 Å². The second kappa shape index (κ2) is 6.37. The Morgan fingerprint density at radius 2 is 1.65 bits per heavy atom. The van der Waals surface area contributed by atoms with Gasteiger partial charge in [-0.3, -0.25) is 0 Å². The van der Waals surface area contributed by atoms with Gasteiger partial charge in [-0.25, -0.2) is 0 Å². The number of hydrogen-bond acceptors (Lipinski definition) is 3. The zero-order valence-electron chi connectivity index (χ0n) is 13.2. The normalized spacial score (nSPS) is 15.7. The molecule has 0 atom stereocenters. The van der Waals surface area contributed by atoms with Crippen molar-refractivity contribution in [2.75, 3.05) is 5.32 Å². The average Bonchev–Trinajstić information content (AvgIpc) is 2.63. The van der Waals surface area contributed by atoms with Gasteiger partial charge in [-0.2, -0.15) is 10.2 Å². The Morgan fingerprint density at radius 1 is 0.870 bits per heavy atom. The van der Waals surface area contributed by atoms with Crippen molar-refractivity contribution in [2.45, 2.75) is 38.0 Å². The van der Waals surface area contributed by atoms with Crippen molar-refractivity contribution in [3.05, 3.63) is 60.3 Å². The molecular formula is C20H21N3. The molecule has 0 saturated heterocycles. The van der Waals surface area contributed by atoms with Crippen LogP contribution in [0.2, 0.25) is 0 Å². The van der Waals surface area contributed by atoms with Crippen molar-refractivity contribution < 1.29 is 0 Å². The van der Waals surface area contributed by atoms with Crippen LogP contribution in [0.4, 0.5) is 11.4 Å². The molecule has 1 saturated carbocycles. The summed E-state index contributed by atoms with van der Waals surface area (Å²) >= 11 is 0. The zero-order valence-corrected chi connectivity index (χ0v) is 13.2. The maximum Gasteiger partial charge on any atom is 0.0950 e. The average molecular weight is 303 g/mol. The number of nitrogens with zero attached hydrogens (tertiary/aromatic N) is 2. The predicted molar refractivity (Wildman–Crippen MR) is 95.1 cm³/mol. The van der Waals surface area contributed by atoms with Gasteiger partial charge in [0, 0.05) is 11.1 Å². The lowest BCUT2D eigenvalue weighted by molar-refractivity contribution is 0.443. The van der Waals surface area contributed by atoms with Crippen molar-refractivity contribution in [1.29, 1.82) is 0 Å². The molecule has 116 valence electrons. The number of rotatable bonds is 3. The monoisotopic (exact) mass is 303 g/mol. The molecule has 1 fully saturated rings. The Morgan fingerprint density at radius 3 is 2.48 bits per heavy atom. The quantitative estimate of drug-likeness (QED) is 0.702. The number of nitrogens with one attached hydrogen (secondary N) is 1. The molecule has 3 heteroatoms. The Kier molecular flexibility index (Phi) is 3.93. The minimum atomic E-state index is 0.751. The van der Waals surface area contributed by atoms with E-state index in [9.17, 15) is 0 Å². The van der Waals surface area contributed by atoms with E-state index in [1.807, 2.05) is 18.2 Å². The summed E-state index contributed by atoms with van der Waals surface area (Å²) in [6.07, 6.45) is 8.62. The van der Waals surface area contributed by atoms with Crippen LogP contribution in [-0.4, -0.2) is 10.2 Å². The molecule has 1 aliphatic carbocycles. The predicted octanol–water partition coefficient (Wildman–Crippen LogP) is 5.42. The largest absolute Gasteiger partial charge is 0.354 e. The lowest BCUT2D eigenvalue weighted by Gasteiger charge is -2.22. The number of anilines is 2. The maximum atomic E-state index is 4.17. The summed E-state index contributed by atoms with van der Waals surface area (Å²) in [5.41, 5.74) is 4.49. The molecule has 2 aromatic carbocycles. The molecule has 1 N–H and O–H groups in total. The Bertz CT molecular complexity index is 784. The highest BCUT2D eigenvalue weighted by Gasteiger charge is 2.15. The minimum absolute atomic E-state index is 0.751.